The number of amides is 2. The van der Waals surface area contributed by atoms with E-state index in [1.54, 1.807) is 6.07 Å². The quantitative estimate of drug-likeness (QED) is 0.903. The number of nitrogens with one attached hydrogen (secondary N) is 2. The normalized spacial score (nSPS) is 19.2. The maximum absolute atomic E-state index is 12.4. The first-order chi connectivity index (χ1) is 12.0. The van der Waals surface area contributed by atoms with E-state index >= 15 is 0 Å². The fourth-order valence-electron chi connectivity index (χ4n) is 3.06. The molecule has 2 amide bonds. The predicted molar refractivity (Wildman–Crippen MR) is 95.4 cm³/mol. The SMILES string of the molecule is Cc1ccc2c(n1)N(C)C(c1ccc(NC(=O)C3CC3)cc1)NC2=O. The lowest BCUT2D eigenvalue weighted by Crippen LogP contribution is -2.45. The van der Waals surface area contributed by atoms with Crippen LogP contribution in [0.4, 0.5) is 11.5 Å². The van der Waals surface area contributed by atoms with Crippen LogP contribution >= 0.6 is 0 Å². The second-order valence-electron chi connectivity index (χ2n) is 6.70. The summed E-state index contributed by atoms with van der Waals surface area (Å²) in [6.45, 7) is 1.91. The molecule has 0 spiro atoms. The van der Waals surface area contributed by atoms with Gasteiger partial charge in [0.1, 0.15) is 12.0 Å². The van der Waals surface area contributed by atoms with Gasteiger partial charge in [0.05, 0.1) is 5.56 Å². The second kappa shape index (κ2) is 5.88. The number of hydrogen-bond donors (Lipinski definition) is 2. The molecule has 1 unspecified atom stereocenters. The fraction of sp³-hybridized carbons (Fsp3) is 0.316. The van der Waals surface area contributed by atoms with E-state index in [0.717, 1.165) is 29.8 Å². The number of anilines is 2. The lowest BCUT2D eigenvalue weighted by atomic mass is 10.1. The lowest BCUT2D eigenvalue weighted by Gasteiger charge is -2.35. The van der Waals surface area contributed by atoms with Gasteiger partial charge in [0.15, 0.2) is 0 Å². The van der Waals surface area contributed by atoms with Gasteiger partial charge in [-0.3, -0.25) is 9.59 Å². The topological polar surface area (TPSA) is 74.3 Å². The van der Waals surface area contributed by atoms with Crippen LogP contribution in [0.15, 0.2) is 36.4 Å². The number of carbonyl (C=O) groups excluding carboxylic acids is 2. The molecular weight excluding hydrogens is 316 g/mol. The fourth-order valence-corrected chi connectivity index (χ4v) is 3.06. The van der Waals surface area contributed by atoms with E-state index in [0.29, 0.717) is 11.4 Å². The van der Waals surface area contributed by atoms with E-state index in [1.807, 2.05) is 49.2 Å². The summed E-state index contributed by atoms with van der Waals surface area (Å²) in [5, 5.41) is 5.93. The van der Waals surface area contributed by atoms with E-state index in [-0.39, 0.29) is 23.9 Å². The summed E-state index contributed by atoms with van der Waals surface area (Å²) in [5.74, 6) is 0.815. The summed E-state index contributed by atoms with van der Waals surface area (Å²) in [6.07, 6.45) is 1.67. The van der Waals surface area contributed by atoms with Gasteiger partial charge >= 0.3 is 0 Å². The Labute approximate surface area is 146 Å². The van der Waals surface area contributed by atoms with Crippen molar-refractivity contribution in [2.75, 3.05) is 17.3 Å². The molecule has 1 saturated carbocycles. The van der Waals surface area contributed by atoms with E-state index < -0.39 is 0 Å². The molecule has 2 aliphatic rings. The van der Waals surface area contributed by atoms with Crippen molar-refractivity contribution in [1.82, 2.24) is 10.3 Å². The summed E-state index contributed by atoms with van der Waals surface area (Å²) in [4.78, 5) is 30.7. The van der Waals surface area contributed by atoms with Crippen molar-refractivity contribution >= 4 is 23.3 Å². The largest absolute Gasteiger partial charge is 0.335 e. The zero-order chi connectivity index (χ0) is 17.6. The van der Waals surface area contributed by atoms with Gasteiger partial charge in [-0.05, 0) is 49.6 Å². The van der Waals surface area contributed by atoms with Gasteiger partial charge in [0.2, 0.25) is 5.91 Å². The number of benzene rings is 1. The molecule has 2 heterocycles. The number of pyridine rings is 1. The van der Waals surface area contributed by atoms with Gasteiger partial charge in [-0.15, -0.1) is 0 Å². The minimum atomic E-state index is -0.289. The zero-order valence-electron chi connectivity index (χ0n) is 14.2. The van der Waals surface area contributed by atoms with Gasteiger partial charge in [-0.25, -0.2) is 4.98 Å². The predicted octanol–water partition coefficient (Wildman–Crippen LogP) is 2.62. The maximum atomic E-state index is 12.4. The third-order valence-electron chi connectivity index (χ3n) is 4.69. The third-order valence-corrected chi connectivity index (χ3v) is 4.69. The molecule has 1 aliphatic carbocycles. The molecule has 2 aromatic rings. The summed E-state index contributed by atoms with van der Waals surface area (Å²) < 4.78 is 0. The average Bonchev–Trinajstić information content (AvgIpc) is 3.44. The van der Waals surface area contributed by atoms with Gasteiger partial charge in [-0.2, -0.15) is 0 Å². The molecule has 2 N–H and O–H groups in total. The van der Waals surface area contributed by atoms with Crippen LogP contribution in [0, 0.1) is 12.8 Å². The van der Waals surface area contributed by atoms with Crippen molar-refractivity contribution < 1.29 is 9.59 Å². The van der Waals surface area contributed by atoms with Crippen LogP contribution < -0.4 is 15.5 Å². The minimum Gasteiger partial charge on any atom is -0.335 e. The number of aryl methyl sites for hydroxylation is 1. The molecule has 4 rings (SSSR count). The van der Waals surface area contributed by atoms with E-state index in [9.17, 15) is 9.59 Å². The molecule has 0 radical (unpaired) electrons. The highest BCUT2D eigenvalue weighted by Gasteiger charge is 2.31. The molecule has 6 heteroatoms. The summed E-state index contributed by atoms with van der Waals surface area (Å²) >= 11 is 0. The number of rotatable bonds is 3. The minimum absolute atomic E-state index is 0.0874. The van der Waals surface area contributed by atoms with Crippen LogP contribution in [0.5, 0.6) is 0 Å². The number of carbonyl (C=O) groups is 2. The van der Waals surface area contributed by atoms with Gasteiger partial charge < -0.3 is 15.5 Å². The number of nitrogens with zero attached hydrogens (tertiary/aromatic N) is 2. The first-order valence-corrected chi connectivity index (χ1v) is 8.45. The van der Waals surface area contributed by atoms with Crippen LogP contribution in [0.3, 0.4) is 0 Å². The lowest BCUT2D eigenvalue weighted by molar-refractivity contribution is -0.117. The molecule has 128 valence electrons. The Hall–Kier alpha value is -2.89. The summed E-state index contributed by atoms with van der Waals surface area (Å²) in [7, 11) is 1.91. The highest BCUT2D eigenvalue weighted by Crippen LogP contribution is 2.32. The first kappa shape index (κ1) is 15.6. The highest BCUT2D eigenvalue weighted by atomic mass is 16.2. The van der Waals surface area contributed by atoms with Crippen molar-refractivity contribution in [3.05, 3.63) is 53.2 Å². The van der Waals surface area contributed by atoms with Crippen molar-refractivity contribution in [2.45, 2.75) is 25.9 Å². The Morgan fingerprint density at radius 1 is 1.20 bits per heavy atom. The van der Waals surface area contributed by atoms with Crippen LogP contribution in [-0.4, -0.2) is 23.8 Å². The Balaban J connectivity index is 1.57. The Morgan fingerprint density at radius 2 is 1.92 bits per heavy atom. The number of hydrogen-bond acceptors (Lipinski definition) is 4. The van der Waals surface area contributed by atoms with E-state index in [2.05, 4.69) is 15.6 Å². The maximum Gasteiger partial charge on any atom is 0.256 e. The monoisotopic (exact) mass is 336 g/mol. The molecule has 1 atom stereocenters. The molecule has 0 bridgehead atoms. The van der Waals surface area contributed by atoms with Crippen LogP contribution in [0.1, 0.15) is 40.6 Å². The Bertz CT molecular complexity index is 843. The zero-order valence-corrected chi connectivity index (χ0v) is 14.2. The Kier molecular flexibility index (Phi) is 3.67. The van der Waals surface area contributed by atoms with Crippen LogP contribution in [0.25, 0.3) is 0 Å². The van der Waals surface area contributed by atoms with Crippen molar-refractivity contribution in [2.24, 2.45) is 5.92 Å². The van der Waals surface area contributed by atoms with Crippen molar-refractivity contribution in [3.63, 3.8) is 0 Å². The number of fused-ring (bicyclic) bond motifs is 1. The van der Waals surface area contributed by atoms with Crippen LogP contribution in [0.2, 0.25) is 0 Å². The second-order valence-corrected chi connectivity index (χ2v) is 6.70. The first-order valence-electron chi connectivity index (χ1n) is 8.45. The molecule has 1 aliphatic heterocycles. The molecule has 1 aromatic heterocycles. The van der Waals surface area contributed by atoms with Gasteiger partial charge in [0, 0.05) is 24.3 Å². The van der Waals surface area contributed by atoms with Crippen molar-refractivity contribution in [3.8, 4) is 0 Å². The third kappa shape index (κ3) is 2.95. The molecule has 1 fully saturated rings. The average molecular weight is 336 g/mol. The van der Waals surface area contributed by atoms with Gasteiger partial charge in [-0.1, -0.05) is 12.1 Å². The molecule has 6 nitrogen and oxygen atoms in total. The summed E-state index contributed by atoms with van der Waals surface area (Å²) in [6, 6.07) is 11.2. The van der Waals surface area contributed by atoms with Crippen molar-refractivity contribution in [1.29, 1.82) is 0 Å². The molecule has 0 saturated heterocycles. The van der Waals surface area contributed by atoms with Gasteiger partial charge in [0.25, 0.3) is 5.91 Å². The van der Waals surface area contributed by atoms with E-state index in [4.69, 9.17) is 0 Å². The summed E-state index contributed by atoms with van der Waals surface area (Å²) in [5.41, 5.74) is 3.17. The molecular formula is C19H20N4O2. The highest BCUT2D eigenvalue weighted by molar-refractivity contribution is 6.01. The smallest absolute Gasteiger partial charge is 0.256 e. The van der Waals surface area contributed by atoms with E-state index in [1.165, 1.54) is 0 Å². The Morgan fingerprint density at radius 3 is 2.60 bits per heavy atom. The number of aromatic nitrogens is 1. The standard InChI is InChI=1S/C19H20N4O2/c1-11-3-10-15-17(20-11)23(2)16(22-19(15)25)12-6-8-14(9-7-12)21-18(24)13-4-5-13/h3,6-10,13,16H,4-5H2,1-2H3,(H,21,24)(H,22,25). The molecule has 1 aromatic carbocycles. The van der Waals surface area contributed by atoms with Crippen LogP contribution in [-0.2, 0) is 4.79 Å². The molecule has 25 heavy (non-hydrogen) atoms.